The lowest BCUT2D eigenvalue weighted by Crippen LogP contribution is -2.06. The maximum atomic E-state index is 14.2. The lowest BCUT2D eigenvalue weighted by Gasteiger charge is -2.12. The molecule has 1 aromatic carbocycles. The van der Waals surface area contributed by atoms with Gasteiger partial charge in [0.25, 0.3) is 0 Å². The normalized spacial score (nSPS) is 11.0. The van der Waals surface area contributed by atoms with E-state index in [0.717, 1.165) is 52.6 Å². The summed E-state index contributed by atoms with van der Waals surface area (Å²) in [5.41, 5.74) is 7.29. The first kappa shape index (κ1) is 20.8. The Morgan fingerprint density at radius 3 is 2.45 bits per heavy atom. The summed E-state index contributed by atoms with van der Waals surface area (Å²) < 4.78 is 16.4. The van der Waals surface area contributed by atoms with E-state index in [1.807, 2.05) is 24.4 Å². The van der Waals surface area contributed by atoms with E-state index in [4.69, 9.17) is 4.98 Å². The van der Waals surface area contributed by atoms with E-state index >= 15 is 0 Å². The smallest absolute Gasteiger partial charge is 0.137 e. The average molecular weight is 415 g/mol. The van der Waals surface area contributed by atoms with Gasteiger partial charge in [-0.2, -0.15) is 0 Å². The van der Waals surface area contributed by atoms with Gasteiger partial charge in [-0.1, -0.05) is 6.07 Å². The summed E-state index contributed by atoms with van der Waals surface area (Å²) in [6, 6.07) is 17.5. The number of hydrogen-bond donors (Lipinski definition) is 1. The number of benzene rings is 1. The number of aromatic nitrogens is 3. The first-order valence-electron chi connectivity index (χ1n) is 10.5. The predicted molar refractivity (Wildman–Crippen MR) is 123 cm³/mol. The van der Waals surface area contributed by atoms with Gasteiger partial charge in [0.05, 0.1) is 0 Å². The number of nitrogens with one attached hydrogen (secondary N) is 1. The summed E-state index contributed by atoms with van der Waals surface area (Å²) in [6.07, 6.45) is 5.02. The van der Waals surface area contributed by atoms with Gasteiger partial charge in [0.15, 0.2) is 0 Å². The maximum Gasteiger partial charge on any atom is 0.137 e. The highest BCUT2D eigenvalue weighted by molar-refractivity contribution is 5.47. The van der Waals surface area contributed by atoms with Crippen LogP contribution in [0, 0.1) is 26.6 Å². The molecule has 0 fully saturated rings. The Labute approximate surface area is 182 Å². The van der Waals surface area contributed by atoms with Crippen LogP contribution in [0.4, 0.5) is 10.1 Å². The summed E-state index contributed by atoms with van der Waals surface area (Å²) in [6.45, 7) is 6.87. The standard InChI is InChI=1S/C26H27FN4/c1-18-11-24(30-26(12-18)31-19(2)6-7-20(31)3)9-8-21-13-23(27)15-25(14-21)29-17-22-5-4-10-28-16-22/h4-7,10-16,29H,8-9,17H2,1-3H3. The van der Waals surface area contributed by atoms with Crippen molar-refractivity contribution in [2.45, 2.75) is 40.2 Å². The monoisotopic (exact) mass is 414 g/mol. The van der Waals surface area contributed by atoms with Crippen LogP contribution >= 0.6 is 0 Å². The molecular weight excluding hydrogens is 387 g/mol. The van der Waals surface area contributed by atoms with Crippen LogP contribution in [0.25, 0.3) is 5.82 Å². The van der Waals surface area contributed by atoms with Crippen LogP contribution in [0.2, 0.25) is 0 Å². The summed E-state index contributed by atoms with van der Waals surface area (Å²) in [7, 11) is 0. The minimum Gasteiger partial charge on any atom is -0.381 e. The number of nitrogens with zero attached hydrogens (tertiary/aromatic N) is 3. The van der Waals surface area contributed by atoms with Gasteiger partial charge in [-0.25, -0.2) is 9.37 Å². The fourth-order valence-electron chi connectivity index (χ4n) is 3.87. The Bertz CT molecular complexity index is 1160. The summed E-state index contributed by atoms with van der Waals surface area (Å²) in [5.74, 6) is 0.704. The Morgan fingerprint density at radius 1 is 0.903 bits per heavy atom. The third kappa shape index (κ3) is 5.18. The molecule has 4 aromatic rings. The number of rotatable bonds is 7. The van der Waals surface area contributed by atoms with Gasteiger partial charge in [-0.05, 0) is 98.8 Å². The van der Waals surface area contributed by atoms with Gasteiger partial charge < -0.3 is 9.88 Å². The number of anilines is 1. The Balaban J connectivity index is 1.48. The molecule has 4 nitrogen and oxygen atoms in total. The molecule has 31 heavy (non-hydrogen) atoms. The van der Waals surface area contributed by atoms with Crippen LogP contribution < -0.4 is 5.32 Å². The number of aryl methyl sites for hydroxylation is 5. The number of halogens is 1. The molecule has 0 aliphatic rings. The zero-order chi connectivity index (χ0) is 21.8. The Morgan fingerprint density at radius 2 is 1.71 bits per heavy atom. The highest BCUT2D eigenvalue weighted by Gasteiger charge is 2.09. The van der Waals surface area contributed by atoms with Crippen molar-refractivity contribution in [1.29, 1.82) is 0 Å². The largest absolute Gasteiger partial charge is 0.381 e. The molecule has 158 valence electrons. The highest BCUT2D eigenvalue weighted by atomic mass is 19.1. The fourth-order valence-corrected chi connectivity index (χ4v) is 3.87. The van der Waals surface area contributed by atoms with Gasteiger partial charge >= 0.3 is 0 Å². The quantitative estimate of drug-likeness (QED) is 0.420. The number of hydrogen-bond acceptors (Lipinski definition) is 3. The molecule has 1 N–H and O–H groups in total. The second-order valence-corrected chi connectivity index (χ2v) is 8.01. The van der Waals surface area contributed by atoms with Crippen molar-refractivity contribution < 1.29 is 4.39 Å². The van der Waals surface area contributed by atoms with Crippen molar-refractivity contribution >= 4 is 5.69 Å². The molecule has 0 unspecified atom stereocenters. The Hall–Kier alpha value is -3.47. The van der Waals surface area contributed by atoms with E-state index in [0.29, 0.717) is 6.54 Å². The number of pyridine rings is 2. The van der Waals surface area contributed by atoms with Crippen LogP contribution in [0.1, 0.15) is 33.8 Å². The summed E-state index contributed by atoms with van der Waals surface area (Å²) in [4.78, 5) is 9.00. The van der Waals surface area contributed by atoms with Crippen LogP contribution in [-0.2, 0) is 19.4 Å². The van der Waals surface area contributed by atoms with Crippen molar-refractivity contribution in [3.63, 3.8) is 0 Å². The van der Waals surface area contributed by atoms with Crippen LogP contribution in [0.15, 0.2) is 67.0 Å². The second-order valence-electron chi connectivity index (χ2n) is 8.01. The van der Waals surface area contributed by atoms with Crippen molar-refractivity contribution in [2.24, 2.45) is 0 Å². The zero-order valence-corrected chi connectivity index (χ0v) is 18.2. The average Bonchev–Trinajstić information content (AvgIpc) is 3.09. The van der Waals surface area contributed by atoms with Crippen molar-refractivity contribution in [1.82, 2.24) is 14.5 Å². The molecule has 0 amide bonds. The van der Waals surface area contributed by atoms with Gasteiger partial charge in [0, 0.05) is 41.7 Å². The predicted octanol–water partition coefficient (Wildman–Crippen LogP) is 5.73. The van der Waals surface area contributed by atoms with Crippen LogP contribution in [0.3, 0.4) is 0 Å². The van der Waals surface area contributed by atoms with Gasteiger partial charge in [-0.3, -0.25) is 4.98 Å². The third-order valence-corrected chi connectivity index (χ3v) is 5.36. The minimum absolute atomic E-state index is 0.234. The van der Waals surface area contributed by atoms with E-state index in [1.165, 1.54) is 11.6 Å². The van der Waals surface area contributed by atoms with E-state index in [9.17, 15) is 4.39 Å². The molecule has 0 spiro atoms. The molecule has 0 aliphatic carbocycles. The zero-order valence-electron chi connectivity index (χ0n) is 18.2. The van der Waals surface area contributed by atoms with E-state index in [1.54, 1.807) is 12.3 Å². The molecule has 0 aliphatic heterocycles. The molecular formula is C26H27FN4. The van der Waals surface area contributed by atoms with Crippen LogP contribution in [0.5, 0.6) is 0 Å². The van der Waals surface area contributed by atoms with Crippen LogP contribution in [-0.4, -0.2) is 14.5 Å². The molecule has 0 saturated carbocycles. The van der Waals surface area contributed by atoms with Gasteiger partial charge in [-0.15, -0.1) is 0 Å². The SMILES string of the molecule is Cc1cc(CCc2cc(F)cc(NCc3cccnc3)c2)nc(-n2c(C)ccc2C)c1. The van der Waals surface area contributed by atoms with Crippen molar-refractivity contribution in [3.8, 4) is 5.82 Å². The molecule has 5 heteroatoms. The van der Waals surface area contributed by atoms with Gasteiger partial charge in [0.2, 0.25) is 0 Å². The second kappa shape index (κ2) is 9.13. The lowest BCUT2D eigenvalue weighted by molar-refractivity contribution is 0.625. The first-order valence-corrected chi connectivity index (χ1v) is 10.5. The first-order chi connectivity index (χ1) is 15.0. The maximum absolute atomic E-state index is 14.2. The van der Waals surface area contributed by atoms with E-state index < -0.39 is 0 Å². The Kier molecular flexibility index (Phi) is 6.12. The molecule has 3 heterocycles. The minimum atomic E-state index is -0.234. The van der Waals surface area contributed by atoms with Gasteiger partial charge in [0.1, 0.15) is 11.6 Å². The molecule has 0 saturated heterocycles. The van der Waals surface area contributed by atoms with E-state index in [-0.39, 0.29) is 5.82 Å². The fraction of sp³-hybridized carbons (Fsp3) is 0.231. The molecule has 0 radical (unpaired) electrons. The topological polar surface area (TPSA) is 42.7 Å². The molecule has 0 atom stereocenters. The summed E-state index contributed by atoms with van der Waals surface area (Å²) >= 11 is 0. The van der Waals surface area contributed by atoms with Crippen molar-refractivity contribution in [3.05, 3.63) is 107 Å². The van der Waals surface area contributed by atoms with Crippen molar-refractivity contribution in [2.75, 3.05) is 5.32 Å². The van der Waals surface area contributed by atoms with E-state index in [2.05, 4.69) is 59.9 Å². The molecule has 3 aromatic heterocycles. The summed E-state index contributed by atoms with van der Waals surface area (Å²) in [5, 5.41) is 3.29. The highest BCUT2D eigenvalue weighted by Crippen LogP contribution is 2.19. The third-order valence-electron chi connectivity index (χ3n) is 5.36. The molecule has 0 bridgehead atoms. The molecule has 4 rings (SSSR count). The lowest BCUT2D eigenvalue weighted by atomic mass is 10.1.